The lowest BCUT2D eigenvalue weighted by atomic mass is 9.98. The molecule has 0 radical (unpaired) electrons. The number of allylic oxidation sites excluding steroid dienone is 4. The third-order valence-corrected chi connectivity index (χ3v) is 6.11. The fraction of sp³-hybridized carbons (Fsp3) is 0.118. The number of nitrogens with one attached hydrogen (secondary N) is 1. The highest BCUT2D eigenvalue weighted by Gasteiger charge is 2.05. The first-order chi connectivity index (χ1) is 17.2. The van der Waals surface area contributed by atoms with Crippen molar-refractivity contribution in [2.24, 2.45) is 0 Å². The summed E-state index contributed by atoms with van der Waals surface area (Å²) in [6.07, 6.45) is 6.39. The largest absolute Gasteiger partial charge is 0.356 e. The SMILES string of the molecule is C/C=C\C(=C/C)c1ccc2cc(Nc3ccc(-c4cccc5ccccc45)cc3)ccc2c1.CC. The second-order valence-electron chi connectivity index (χ2n) is 8.25. The van der Waals surface area contributed by atoms with Gasteiger partial charge in [0.1, 0.15) is 0 Å². The molecule has 0 aliphatic carbocycles. The van der Waals surface area contributed by atoms with Crippen LogP contribution < -0.4 is 5.32 Å². The summed E-state index contributed by atoms with van der Waals surface area (Å²) >= 11 is 0. The third kappa shape index (κ3) is 5.36. The van der Waals surface area contributed by atoms with Gasteiger partial charge in [-0.2, -0.15) is 0 Å². The van der Waals surface area contributed by atoms with Crippen molar-refractivity contribution in [2.75, 3.05) is 5.32 Å². The quantitative estimate of drug-likeness (QED) is 0.260. The van der Waals surface area contributed by atoms with Gasteiger partial charge in [-0.15, -0.1) is 0 Å². The van der Waals surface area contributed by atoms with Crippen molar-refractivity contribution in [1.29, 1.82) is 0 Å². The summed E-state index contributed by atoms with van der Waals surface area (Å²) in [7, 11) is 0. The number of benzene rings is 5. The molecule has 5 aromatic carbocycles. The van der Waals surface area contributed by atoms with E-state index in [1.807, 2.05) is 13.8 Å². The van der Waals surface area contributed by atoms with Crippen LogP contribution in [0, 0.1) is 0 Å². The molecule has 0 fully saturated rings. The Balaban J connectivity index is 0.00000141. The van der Waals surface area contributed by atoms with Crippen molar-refractivity contribution in [3.63, 3.8) is 0 Å². The second kappa shape index (κ2) is 11.4. The molecule has 1 heteroatoms. The molecule has 5 aromatic rings. The minimum atomic E-state index is 1.08. The van der Waals surface area contributed by atoms with Crippen molar-refractivity contribution in [2.45, 2.75) is 27.7 Å². The maximum Gasteiger partial charge on any atom is 0.0390 e. The van der Waals surface area contributed by atoms with Crippen molar-refractivity contribution >= 4 is 38.5 Å². The number of hydrogen-bond donors (Lipinski definition) is 1. The zero-order valence-electron chi connectivity index (χ0n) is 21.0. The predicted molar refractivity (Wildman–Crippen MR) is 156 cm³/mol. The molecule has 0 aliphatic rings. The van der Waals surface area contributed by atoms with E-state index in [0.29, 0.717) is 0 Å². The van der Waals surface area contributed by atoms with E-state index in [-0.39, 0.29) is 0 Å². The highest BCUT2D eigenvalue weighted by atomic mass is 14.9. The molecule has 0 aliphatic heterocycles. The van der Waals surface area contributed by atoms with E-state index < -0.39 is 0 Å². The standard InChI is InChI=1S/C32H27N.C2H6/c1-3-8-23(4-2)26-13-14-28-22-30(20-17-27(28)21-26)33-29-18-15-25(16-19-29)32-12-7-10-24-9-5-6-11-31(24)32;1-2/h3-22,33H,1-2H3;1-2H3/b8-3-,23-4+;. The minimum absolute atomic E-state index is 1.08. The highest BCUT2D eigenvalue weighted by molar-refractivity contribution is 5.97. The molecule has 35 heavy (non-hydrogen) atoms. The van der Waals surface area contributed by atoms with Crippen LogP contribution in [0.3, 0.4) is 0 Å². The number of anilines is 2. The maximum absolute atomic E-state index is 3.56. The van der Waals surface area contributed by atoms with Gasteiger partial charge in [0.15, 0.2) is 0 Å². The van der Waals surface area contributed by atoms with Gasteiger partial charge in [0, 0.05) is 11.4 Å². The first-order valence-corrected chi connectivity index (χ1v) is 12.4. The summed E-state index contributed by atoms with van der Waals surface area (Å²) in [5.41, 5.74) is 7.15. The normalized spacial score (nSPS) is 11.5. The van der Waals surface area contributed by atoms with Crippen LogP contribution in [-0.2, 0) is 0 Å². The molecule has 5 rings (SSSR count). The Morgan fingerprint density at radius 2 is 1.31 bits per heavy atom. The van der Waals surface area contributed by atoms with Gasteiger partial charge in [0.25, 0.3) is 0 Å². The summed E-state index contributed by atoms with van der Waals surface area (Å²) < 4.78 is 0. The van der Waals surface area contributed by atoms with Crippen molar-refractivity contribution in [3.8, 4) is 11.1 Å². The molecular weight excluding hydrogens is 422 g/mol. The van der Waals surface area contributed by atoms with Crippen LogP contribution in [0.1, 0.15) is 33.3 Å². The van der Waals surface area contributed by atoms with E-state index in [4.69, 9.17) is 0 Å². The van der Waals surface area contributed by atoms with Crippen molar-refractivity contribution in [3.05, 3.63) is 127 Å². The summed E-state index contributed by atoms with van der Waals surface area (Å²) in [4.78, 5) is 0. The first kappa shape index (κ1) is 24.0. The number of rotatable bonds is 5. The van der Waals surface area contributed by atoms with Gasteiger partial charge in [0.2, 0.25) is 0 Å². The lowest BCUT2D eigenvalue weighted by molar-refractivity contribution is 1.50. The average Bonchev–Trinajstić information content (AvgIpc) is 2.93. The Labute approximate surface area is 209 Å². The van der Waals surface area contributed by atoms with Crippen LogP contribution in [-0.4, -0.2) is 0 Å². The van der Waals surface area contributed by atoms with Crippen LogP contribution in [0.15, 0.2) is 121 Å². The summed E-state index contributed by atoms with van der Waals surface area (Å²) in [6.45, 7) is 8.13. The predicted octanol–water partition coefficient (Wildman–Crippen LogP) is 10.4. The van der Waals surface area contributed by atoms with Gasteiger partial charge in [-0.3, -0.25) is 0 Å². The van der Waals surface area contributed by atoms with E-state index in [2.05, 4.69) is 141 Å². The molecule has 0 bridgehead atoms. The Morgan fingerprint density at radius 1 is 0.629 bits per heavy atom. The molecule has 0 heterocycles. The molecule has 0 spiro atoms. The van der Waals surface area contributed by atoms with E-state index in [1.54, 1.807) is 0 Å². The van der Waals surface area contributed by atoms with Gasteiger partial charge < -0.3 is 5.32 Å². The van der Waals surface area contributed by atoms with Gasteiger partial charge in [-0.1, -0.05) is 105 Å². The minimum Gasteiger partial charge on any atom is -0.356 e. The van der Waals surface area contributed by atoms with Crippen LogP contribution in [0.5, 0.6) is 0 Å². The Morgan fingerprint density at radius 3 is 2.09 bits per heavy atom. The van der Waals surface area contributed by atoms with E-state index in [9.17, 15) is 0 Å². The van der Waals surface area contributed by atoms with Gasteiger partial charge in [-0.25, -0.2) is 0 Å². The second-order valence-corrected chi connectivity index (χ2v) is 8.25. The summed E-state index contributed by atoms with van der Waals surface area (Å²) in [5, 5.41) is 8.58. The number of hydrogen-bond acceptors (Lipinski definition) is 1. The van der Waals surface area contributed by atoms with Gasteiger partial charge >= 0.3 is 0 Å². The first-order valence-electron chi connectivity index (χ1n) is 12.4. The van der Waals surface area contributed by atoms with Crippen LogP contribution in [0.2, 0.25) is 0 Å². The topological polar surface area (TPSA) is 12.0 Å². The molecule has 1 nitrogen and oxygen atoms in total. The zero-order valence-corrected chi connectivity index (χ0v) is 21.0. The van der Waals surface area contributed by atoms with E-state index in [1.165, 1.54) is 43.8 Å². The fourth-order valence-corrected chi connectivity index (χ4v) is 4.42. The molecule has 0 aromatic heterocycles. The van der Waals surface area contributed by atoms with Gasteiger partial charge in [-0.05, 0) is 88.0 Å². The molecule has 0 saturated heterocycles. The molecule has 0 unspecified atom stereocenters. The van der Waals surface area contributed by atoms with E-state index in [0.717, 1.165) is 11.4 Å². The third-order valence-electron chi connectivity index (χ3n) is 6.11. The summed E-state index contributed by atoms with van der Waals surface area (Å²) in [5.74, 6) is 0. The average molecular weight is 456 g/mol. The molecule has 1 N–H and O–H groups in total. The van der Waals surface area contributed by atoms with Crippen molar-refractivity contribution in [1.82, 2.24) is 0 Å². The smallest absolute Gasteiger partial charge is 0.0390 e. The van der Waals surface area contributed by atoms with Crippen LogP contribution in [0.4, 0.5) is 11.4 Å². The Hall–Kier alpha value is -4.10. The molecule has 0 atom stereocenters. The lowest BCUT2D eigenvalue weighted by Crippen LogP contribution is -1.91. The molecule has 0 saturated carbocycles. The monoisotopic (exact) mass is 455 g/mol. The number of fused-ring (bicyclic) bond motifs is 2. The molecule has 174 valence electrons. The van der Waals surface area contributed by atoms with Crippen molar-refractivity contribution < 1.29 is 0 Å². The van der Waals surface area contributed by atoms with Crippen LogP contribution >= 0.6 is 0 Å². The van der Waals surface area contributed by atoms with Crippen LogP contribution in [0.25, 0.3) is 38.2 Å². The Kier molecular flexibility index (Phi) is 7.80. The molecular formula is C34H33N. The lowest BCUT2D eigenvalue weighted by Gasteiger charge is -2.11. The van der Waals surface area contributed by atoms with E-state index >= 15 is 0 Å². The summed E-state index contributed by atoms with van der Waals surface area (Å²) in [6, 6.07) is 36.9. The molecule has 0 amide bonds. The fourth-order valence-electron chi connectivity index (χ4n) is 4.42. The maximum atomic E-state index is 3.56. The zero-order chi connectivity index (χ0) is 24.6. The Bertz CT molecular complexity index is 1480. The highest BCUT2D eigenvalue weighted by Crippen LogP contribution is 2.31. The van der Waals surface area contributed by atoms with Gasteiger partial charge in [0.05, 0.1) is 0 Å².